The molecule has 3 aromatic rings. The molecule has 1 aliphatic heterocycles. The number of pyridine rings is 1. The van der Waals surface area contributed by atoms with Crippen LogP contribution in [0.1, 0.15) is 30.9 Å². The third kappa shape index (κ3) is 4.32. The highest BCUT2D eigenvalue weighted by atomic mass is 35.5. The molecule has 2 heterocycles. The molecule has 1 aliphatic rings. The molecular weight excluding hydrogens is 425 g/mol. The number of fused-ring (bicyclic) bond motifs is 1. The number of amides is 1. The third-order valence-electron chi connectivity index (χ3n) is 4.49. The van der Waals surface area contributed by atoms with Crippen LogP contribution in [0.2, 0.25) is 10.0 Å². The van der Waals surface area contributed by atoms with E-state index in [-0.39, 0.29) is 5.91 Å². The van der Waals surface area contributed by atoms with E-state index in [9.17, 15) is 4.79 Å². The predicted molar refractivity (Wildman–Crippen MR) is 123 cm³/mol. The zero-order valence-electron chi connectivity index (χ0n) is 15.7. The summed E-state index contributed by atoms with van der Waals surface area (Å²) in [6, 6.07) is 13.3. The van der Waals surface area contributed by atoms with Gasteiger partial charge in [-0.2, -0.15) is 0 Å². The summed E-state index contributed by atoms with van der Waals surface area (Å²) in [6.45, 7) is 4.28. The number of para-hydroxylation sites is 1. The van der Waals surface area contributed by atoms with Crippen LogP contribution in [-0.4, -0.2) is 16.1 Å². The average molecular weight is 442 g/mol. The van der Waals surface area contributed by atoms with Gasteiger partial charge >= 0.3 is 0 Å². The van der Waals surface area contributed by atoms with E-state index in [1.165, 1.54) is 17.3 Å². The minimum absolute atomic E-state index is 0.203. The Morgan fingerprint density at radius 2 is 1.90 bits per heavy atom. The molecule has 1 aromatic heterocycles. The molecule has 0 spiro atoms. The maximum absolute atomic E-state index is 12.4. The van der Waals surface area contributed by atoms with Crippen LogP contribution in [0.15, 0.2) is 58.6 Å². The SMILES string of the molecule is CC(C)c1cnc2ccc(/C=C3\SC(=Nc4c(Cl)cccc4Cl)NC3=O)cc2c1. The molecule has 146 valence electrons. The number of aliphatic imine (C=N–C) groups is 1. The second-order valence-electron chi connectivity index (χ2n) is 6.93. The molecule has 1 saturated heterocycles. The van der Waals surface area contributed by atoms with Gasteiger partial charge in [0.1, 0.15) is 5.69 Å². The minimum Gasteiger partial charge on any atom is -0.300 e. The Kier molecular flexibility index (Phi) is 5.63. The molecule has 0 aliphatic carbocycles. The van der Waals surface area contributed by atoms with E-state index < -0.39 is 0 Å². The number of thioether (sulfide) groups is 1. The van der Waals surface area contributed by atoms with Crippen molar-refractivity contribution in [3.8, 4) is 0 Å². The number of amidine groups is 1. The lowest BCUT2D eigenvalue weighted by molar-refractivity contribution is -0.115. The number of hydrogen-bond donors (Lipinski definition) is 1. The maximum Gasteiger partial charge on any atom is 0.264 e. The Bertz CT molecular complexity index is 1170. The number of aromatic nitrogens is 1. The van der Waals surface area contributed by atoms with Crippen LogP contribution in [-0.2, 0) is 4.79 Å². The molecule has 0 bridgehead atoms. The van der Waals surface area contributed by atoms with Crippen molar-refractivity contribution >= 4 is 68.7 Å². The van der Waals surface area contributed by atoms with Crippen molar-refractivity contribution in [3.05, 3.63) is 74.7 Å². The van der Waals surface area contributed by atoms with Crippen molar-refractivity contribution in [1.82, 2.24) is 10.3 Å². The van der Waals surface area contributed by atoms with Crippen LogP contribution in [0.4, 0.5) is 5.69 Å². The summed E-state index contributed by atoms with van der Waals surface area (Å²) in [4.78, 5) is 21.9. The molecule has 0 unspecified atom stereocenters. The molecule has 4 rings (SSSR count). The smallest absolute Gasteiger partial charge is 0.264 e. The summed E-state index contributed by atoms with van der Waals surface area (Å²) < 4.78 is 0. The lowest BCUT2D eigenvalue weighted by Gasteiger charge is -2.06. The van der Waals surface area contributed by atoms with Gasteiger partial charge in [0.15, 0.2) is 5.17 Å². The van der Waals surface area contributed by atoms with Crippen molar-refractivity contribution in [2.75, 3.05) is 0 Å². The highest BCUT2D eigenvalue weighted by Crippen LogP contribution is 2.35. The number of nitrogens with one attached hydrogen (secondary N) is 1. The molecule has 1 amide bonds. The standard InChI is InChI=1S/C22H17Cl2N3OS/c1-12(2)15-10-14-8-13(6-7-18(14)25-11-15)9-19-21(28)27-22(29-19)26-20-16(23)4-3-5-17(20)24/h3-12H,1-2H3,(H,26,27,28)/b19-9-. The number of carbonyl (C=O) groups excluding carboxylic acids is 1. The van der Waals surface area contributed by atoms with Crippen LogP contribution >= 0.6 is 35.0 Å². The third-order valence-corrected chi connectivity index (χ3v) is 6.01. The summed E-state index contributed by atoms with van der Waals surface area (Å²) in [5.74, 6) is 0.201. The summed E-state index contributed by atoms with van der Waals surface area (Å²) >= 11 is 13.6. The van der Waals surface area contributed by atoms with Crippen LogP contribution in [0.5, 0.6) is 0 Å². The van der Waals surface area contributed by atoms with E-state index >= 15 is 0 Å². The van der Waals surface area contributed by atoms with Crippen LogP contribution in [0.25, 0.3) is 17.0 Å². The highest BCUT2D eigenvalue weighted by Gasteiger charge is 2.24. The molecule has 4 nitrogen and oxygen atoms in total. The van der Waals surface area contributed by atoms with E-state index in [2.05, 4.69) is 35.2 Å². The van der Waals surface area contributed by atoms with E-state index in [1.807, 2.05) is 30.5 Å². The zero-order chi connectivity index (χ0) is 20.5. The molecule has 0 saturated carbocycles. The fourth-order valence-corrected chi connectivity index (χ4v) is 4.21. The molecule has 2 aromatic carbocycles. The normalized spacial score (nSPS) is 16.9. The van der Waals surface area contributed by atoms with Crippen molar-refractivity contribution < 1.29 is 4.79 Å². The minimum atomic E-state index is -0.203. The molecule has 0 atom stereocenters. The second kappa shape index (κ2) is 8.19. The van der Waals surface area contributed by atoms with Crippen molar-refractivity contribution in [2.24, 2.45) is 4.99 Å². The maximum atomic E-state index is 12.4. The number of hydrogen-bond acceptors (Lipinski definition) is 4. The van der Waals surface area contributed by atoms with Crippen LogP contribution in [0.3, 0.4) is 0 Å². The Morgan fingerprint density at radius 3 is 2.62 bits per heavy atom. The van der Waals surface area contributed by atoms with E-state index in [1.54, 1.807) is 18.2 Å². The van der Waals surface area contributed by atoms with Crippen molar-refractivity contribution in [1.29, 1.82) is 0 Å². The zero-order valence-corrected chi connectivity index (χ0v) is 18.1. The van der Waals surface area contributed by atoms with Gasteiger partial charge < -0.3 is 5.32 Å². The lowest BCUT2D eigenvalue weighted by atomic mass is 10.0. The van der Waals surface area contributed by atoms with E-state index in [0.717, 1.165) is 16.5 Å². The second-order valence-corrected chi connectivity index (χ2v) is 8.77. The molecular formula is C22H17Cl2N3OS. The number of halogens is 2. The Balaban J connectivity index is 1.65. The Morgan fingerprint density at radius 1 is 1.14 bits per heavy atom. The summed E-state index contributed by atoms with van der Waals surface area (Å²) in [6.07, 6.45) is 3.76. The Labute approximate surface area is 183 Å². The fraction of sp³-hybridized carbons (Fsp3) is 0.136. The number of rotatable bonds is 3. The monoisotopic (exact) mass is 441 g/mol. The van der Waals surface area contributed by atoms with Gasteiger partial charge in [0.25, 0.3) is 5.91 Å². The summed E-state index contributed by atoms with van der Waals surface area (Å²) in [5.41, 5.74) is 3.48. The molecule has 7 heteroatoms. The molecule has 29 heavy (non-hydrogen) atoms. The lowest BCUT2D eigenvalue weighted by Crippen LogP contribution is -2.19. The largest absolute Gasteiger partial charge is 0.300 e. The number of carbonyl (C=O) groups is 1. The Hall–Kier alpha value is -2.34. The fourth-order valence-electron chi connectivity index (χ4n) is 2.90. The van der Waals surface area contributed by atoms with Gasteiger partial charge in [-0.3, -0.25) is 9.78 Å². The van der Waals surface area contributed by atoms with E-state index in [4.69, 9.17) is 23.2 Å². The average Bonchev–Trinajstić information content (AvgIpc) is 3.03. The van der Waals surface area contributed by atoms with E-state index in [0.29, 0.717) is 31.7 Å². The first-order chi connectivity index (χ1) is 13.9. The topological polar surface area (TPSA) is 54.4 Å². The summed E-state index contributed by atoms with van der Waals surface area (Å²) in [7, 11) is 0. The van der Waals surface area contributed by atoms with Crippen molar-refractivity contribution in [3.63, 3.8) is 0 Å². The first-order valence-corrected chi connectivity index (χ1v) is 10.6. The quantitative estimate of drug-likeness (QED) is 0.468. The molecule has 1 fully saturated rings. The number of nitrogens with zero attached hydrogens (tertiary/aromatic N) is 2. The van der Waals surface area contributed by atoms with Crippen LogP contribution in [0, 0.1) is 0 Å². The first-order valence-electron chi connectivity index (χ1n) is 9.04. The summed E-state index contributed by atoms with van der Waals surface area (Å²) in [5, 5.41) is 5.12. The van der Waals surface area contributed by atoms with Gasteiger partial charge in [-0.1, -0.05) is 49.2 Å². The number of benzene rings is 2. The van der Waals surface area contributed by atoms with Gasteiger partial charge in [0, 0.05) is 11.6 Å². The molecule has 0 radical (unpaired) electrons. The predicted octanol–water partition coefficient (Wildman–Crippen LogP) is 6.56. The van der Waals surface area contributed by atoms with Gasteiger partial charge in [-0.15, -0.1) is 0 Å². The van der Waals surface area contributed by atoms with Crippen molar-refractivity contribution in [2.45, 2.75) is 19.8 Å². The van der Waals surface area contributed by atoms with Crippen LogP contribution < -0.4 is 5.32 Å². The van der Waals surface area contributed by atoms with Gasteiger partial charge in [-0.25, -0.2) is 4.99 Å². The van der Waals surface area contributed by atoms with Gasteiger partial charge in [0.05, 0.1) is 20.5 Å². The first kappa shape index (κ1) is 20.0. The van der Waals surface area contributed by atoms with Gasteiger partial charge in [-0.05, 0) is 65.2 Å². The molecule has 1 N–H and O–H groups in total. The van der Waals surface area contributed by atoms with Gasteiger partial charge in [0.2, 0.25) is 0 Å². The highest BCUT2D eigenvalue weighted by molar-refractivity contribution is 8.18.